The van der Waals surface area contributed by atoms with Crippen molar-refractivity contribution in [2.24, 2.45) is 0 Å². The Hall–Kier alpha value is -0.610. The molecule has 0 fully saturated rings. The van der Waals surface area contributed by atoms with Crippen LogP contribution in [0.1, 0.15) is 13.8 Å². The molecule has 0 N–H and O–H groups in total. The van der Waals surface area contributed by atoms with Crippen LogP contribution in [0.5, 0.6) is 0 Å². The van der Waals surface area contributed by atoms with Crippen molar-refractivity contribution in [2.45, 2.75) is 19.6 Å². The number of methoxy groups -OCH3 is 2. The van der Waals surface area contributed by atoms with Crippen LogP contribution < -0.4 is 0 Å². The second-order valence-electron chi connectivity index (χ2n) is 2.36. The molecule has 0 aliphatic heterocycles. The van der Waals surface area contributed by atoms with Crippen LogP contribution in [0.3, 0.4) is 0 Å². The Balaban J connectivity index is 3.98. The van der Waals surface area contributed by atoms with Crippen molar-refractivity contribution in [3.63, 3.8) is 0 Å². The number of hydrogen-bond donors (Lipinski definition) is 0. The predicted octanol–water partition coefficient (Wildman–Crippen LogP) is 0.558. The molecule has 0 aromatic carbocycles. The van der Waals surface area contributed by atoms with Gasteiger partial charge < -0.3 is 14.2 Å². The van der Waals surface area contributed by atoms with Gasteiger partial charge in [-0.05, 0) is 0 Å². The number of carbonyl (C=O) groups excluding carboxylic acids is 1. The summed E-state index contributed by atoms with van der Waals surface area (Å²) in [5.41, 5.74) is 0. The molecule has 0 aromatic rings. The molecule has 1 unspecified atom stereocenters. The van der Waals surface area contributed by atoms with Crippen LogP contribution in [0, 0.1) is 0 Å². The molecule has 0 aromatic heterocycles. The molecular weight excluding hydrogens is 148 g/mol. The Morgan fingerprint density at radius 2 is 2.00 bits per heavy atom. The maximum atomic E-state index is 10.5. The van der Waals surface area contributed by atoms with Gasteiger partial charge in [-0.3, -0.25) is 4.79 Å². The number of esters is 1. The minimum absolute atomic E-state index is 0.225. The zero-order valence-corrected chi connectivity index (χ0v) is 7.34. The molecular formula is C7H14O4. The lowest BCUT2D eigenvalue weighted by Crippen LogP contribution is -2.37. The van der Waals surface area contributed by atoms with Gasteiger partial charge in [-0.1, -0.05) is 0 Å². The molecule has 0 saturated heterocycles. The zero-order chi connectivity index (χ0) is 8.91. The van der Waals surface area contributed by atoms with Gasteiger partial charge in [0, 0.05) is 28.1 Å². The maximum Gasteiger partial charge on any atom is 0.305 e. The van der Waals surface area contributed by atoms with Gasteiger partial charge in [-0.2, -0.15) is 0 Å². The first kappa shape index (κ1) is 10.4. The largest absolute Gasteiger partial charge is 0.431 e. The van der Waals surface area contributed by atoms with Crippen LogP contribution in [0.25, 0.3) is 0 Å². The summed E-state index contributed by atoms with van der Waals surface area (Å²) in [4.78, 5) is 10.5. The third-order valence-corrected chi connectivity index (χ3v) is 1.20. The number of hydrogen-bond acceptors (Lipinski definition) is 4. The summed E-state index contributed by atoms with van der Waals surface area (Å²) < 4.78 is 14.6. The van der Waals surface area contributed by atoms with E-state index in [4.69, 9.17) is 14.2 Å². The van der Waals surface area contributed by atoms with Gasteiger partial charge in [0.2, 0.25) is 5.79 Å². The first-order valence-corrected chi connectivity index (χ1v) is 3.28. The molecule has 1 atom stereocenters. The van der Waals surface area contributed by atoms with Crippen molar-refractivity contribution >= 4 is 5.97 Å². The predicted molar refractivity (Wildman–Crippen MR) is 39.1 cm³/mol. The van der Waals surface area contributed by atoms with Crippen molar-refractivity contribution in [3.05, 3.63) is 0 Å². The Labute approximate surface area is 66.4 Å². The third-order valence-electron chi connectivity index (χ3n) is 1.20. The molecule has 4 nitrogen and oxygen atoms in total. The van der Waals surface area contributed by atoms with E-state index in [9.17, 15) is 4.79 Å². The smallest absolute Gasteiger partial charge is 0.305 e. The Morgan fingerprint density at radius 3 is 2.27 bits per heavy atom. The number of ether oxygens (including phenoxy) is 3. The van der Waals surface area contributed by atoms with E-state index < -0.39 is 5.79 Å². The summed E-state index contributed by atoms with van der Waals surface area (Å²) in [7, 11) is 2.97. The monoisotopic (exact) mass is 162 g/mol. The zero-order valence-electron chi connectivity index (χ0n) is 7.34. The second kappa shape index (κ2) is 4.31. The lowest BCUT2D eigenvalue weighted by molar-refractivity contribution is -0.227. The molecule has 0 aliphatic rings. The Morgan fingerprint density at radius 1 is 1.45 bits per heavy atom. The van der Waals surface area contributed by atoms with Crippen molar-refractivity contribution in [1.29, 1.82) is 0 Å². The third kappa shape index (κ3) is 3.95. The van der Waals surface area contributed by atoms with Gasteiger partial charge in [-0.25, -0.2) is 0 Å². The highest BCUT2D eigenvalue weighted by molar-refractivity contribution is 5.66. The SMILES string of the molecule is COCC(C)(OC)OC(C)=O. The molecule has 0 spiro atoms. The van der Waals surface area contributed by atoms with E-state index in [1.54, 1.807) is 6.92 Å². The summed E-state index contributed by atoms with van der Waals surface area (Å²) in [6.07, 6.45) is 0. The first-order chi connectivity index (χ1) is 5.04. The fraction of sp³-hybridized carbons (Fsp3) is 0.857. The summed E-state index contributed by atoms with van der Waals surface area (Å²) in [6.45, 7) is 3.19. The van der Waals surface area contributed by atoms with Gasteiger partial charge in [0.25, 0.3) is 0 Å². The van der Waals surface area contributed by atoms with Gasteiger partial charge in [0.1, 0.15) is 6.61 Å². The van der Waals surface area contributed by atoms with Crippen LogP contribution >= 0.6 is 0 Å². The Bertz CT molecular complexity index is 134. The van der Waals surface area contributed by atoms with E-state index in [1.807, 2.05) is 0 Å². The lowest BCUT2D eigenvalue weighted by atomic mass is 10.3. The van der Waals surface area contributed by atoms with E-state index in [2.05, 4.69) is 0 Å². The van der Waals surface area contributed by atoms with Crippen molar-refractivity contribution < 1.29 is 19.0 Å². The molecule has 0 heterocycles. The van der Waals surface area contributed by atoms with Crippen molar-refractivity contribution in [2.75, 3.05) is 20.8 Å². The number of rotatable bonds is 4. The maximum absolute atomic E-state index is 10.5. The average molecular weight is 162 g/mol. The highest BCUT2D eigenvalue weighted by atomic mass is 16.7. The van der Waals surface area contributed by atoms with Crippen molar-refractivity contribution in [1.82, 2.24) is 0 Å². The molecule has 11 heavy (non-hydrogen) atoms. The summed E-state index contributed by atoms with van der Waals surface area (Å²) in [6, 6.07) is 0. The van der Waals surface area contributed by atoms with E-state index in [0.29, 0.717) is 0 Å². The van der Waals surface area contributed by atoms with Gasteiger partial charge >= 0.3 is 5.97 Å². The van der Waals surface area contributed by atoms with E-state index >= 15 is 0 Å². The van der Waals surface area contributed by atoms with Gasteiger partial charge in [0.05, 0.1) is 0 Å². The normalized spacial score (nSPS) is 15.6. The molecule has 0 aliphatic carbocycles. The average Bonchev–Trinajstić information content (AvgIpc) is 1.87. The standard InChI is InChI=1S/C7H14O4/c1-6(8)11-7(2,10-4)5-9-3/h5H2,1-4H3. The lowest BCUT2D eigenvalue weighted by Gasteiger charge is -2.25. The molecule has 0 amide bonds. The number of carbonyl (C=O) groups is 1. The van der Waals surface area contributed by atoms with Crippen LogP contribution in [-0.4, -0.2) is 32.6 Å². The van der Waals surface area contributed by atoms with Crippen LogP contribution in [-0.2, 0) is 19.0 Å². The topological polar surface area (TPSA) is 44.8 Å². The molecule has 66 valence electrons. The molecule has 0 saturated carbocycles. The Kier molecular flexibility index (Phi) is 4.07. The van der Waals surface area contributed by atoms with E-state index in [1.165, 1.54) is 21.1 Å². The van der Waals surface area contributed by atoms with E-state index in [-0.39, 0.29) is 12.6 Å². The van der Waals surface area contributed by atoms with Crippen LogP contribution in [0.4, 0.5) is 0 Å². The summed E-state index contributed by atoms with van der Waals surface area (Å²) >= 11 is 0. The van der Waals surface area contributed by atoms with E-state index in [0.717, 1.165) is 0 Å². The fourth-order valence-electron chi connectivity index (χ4n) is 0.696. The van der Waals surface area contributed by atoms with Crippen molar-refractivity contribution in [3.8, 4) is 0 Å². The molecule has 0 rings (SSSR count). The second-order valence-corrected chi connectivity index (χ2v) is 2.36. The minimum atomic E-state index is -0.958. The molecule has 0 bridgehead atoms. The first-order valence-electron chi connectivity index (χ1n) is 3.28. The fourth-order valence-corrected chi connectivity index (χ4v) is 0.696. The highest BCUT2D eigenvalue weighted by Gasteiger charge is 2.26. The van der Waals surface area contributed by atoms with Gasteiger partial charge in [0.15, 0.2) is 0 Å². The van der Waals surface area contributed by atoms with Gasteiger partial charge in [-0.15, -0.1) is 0 Å². The molecule has 4 heteroatoms. The van der Waals surface area contributed by atoms with Crippen LogP contribution in [0.15, 0.2) is 0 Å². The quantitative estimate of drug-likeness (QED) is 0.447. The summed E-state index contributed by atoms with van der Waals surface area (Å²) in [5, 5.41) is 0. The van der Waals surface area contributed by atoms with Crippen LogP contribution in [0.2, 0.25) is 0 Å². The highest BCUT2D eigenvalue weighted by Crippen LogP contribution is 2.11. The minimum Gasteiger partial charge on any atom is -0.431 e. The summed E-state index contributed by atoms with van der Waals surface area (Å²) in [5.74, 6) is -1.34. The molecule has 0 radical (unpaired) electrons.